The SMILES string of the molecule is CC(C)(F)[C@H](c1cc(F)cc(C#N)c1)C1CN([C@@H](c2ccc(C#N)cc2)c2cccc(Br)c2)C1. The molecule has 1 fully saturated rings. The van der Waals surface area contributed by atoms with E-state index in [1.807, 2.05) is 30.3 Å². The summed E-state index contributed by atoms with van der Waals surface area (Å²) in [6.07, 6.45) is 0. The molecule has 0 saturated carbocycles. The highest BCUT2D eigenvalue weighted by Crippen LogP contribution is 2.45. The molecule has 0 unspecified atom stereocenters. The molecule has 1 aliphatic rings. The average Bonchev–Trinajstić information content (AvgIpc) is 2.76. The predicted molar refractivity (Wildman–Crippen MR) is 131 cm³/mol. The molecule has 3 nitrogen and oxygen atoms in total. The van der Waals surface area contributed by atoms with Gasteiger partial charge in [-0.05, 0) is 78.9 Å². The van der Waals surface area contributed by atoms with Crippen LogP contribution < -0.4 is 0 Å². The van der Waals surface area contributed by atoms with Crippen LogP contribution in [0, 0.1) is 34.4 Å². The van der Waals surface area contributed by atoms with E-state index in [2.05, 4.69) is 39.0 Å². The number of hydrogen-bond donors (Lipinski definition) is 0. The lowest BCUT2D eigenvalue weighted by Crippen LogP contribution is -2.53. The second kappa shape index (κ2) is 9.66. The zero-order valence-electron chi connectivity index (χ0n) is 19.0. The van der Waals surface area contributed by atoms with Gasteiger partial charge in [-0.25, -0.2) is 8.78 Å². The zero-order valence-corrected chi connectivity index (χ0v) is 20.6. The second-order valence-electron chi connectivity index (χ2n) is 9.33. The second-order valence-corrected chi connectivity index (χ2v) is 10.2. The molecule has 0 amide bonds. The Kier molecular flexibility index (Phi) is 6.84. The Hall–Kier alpha value is -3.06. The van der Waals surface area contributed by atoms with Gasteiger partial charge in [-0.15, -0.1) is 0 Å². The number of likely N-dealkylation sites (tertiary alicyclic amines) is 1. The van der Waals surface area contributed by atoms with Crippen molar-refractivity contribution in [3.63, 3.8) is 0 Å². The maximum absolute atomic E-state index is 15.4. The molecule has 1 heterocycles. The van der Waals surface area contributed by atoms with Crippen molar-refractivity contribution in [2.24, 2.45) is 5.92 Å². The third-order valence-corrected chi connectivity index (χ3v) is 6.94. The Bertz CT molecular complexity index is 1260. The molecule has 0 spiro atoms. The van der Waals surface area contributed by atoms with Crippen molar-refractivity contribution in [3.8, 4) is 12.1 Å². The number of nitriles is 2. The fourth-order valence-corrected chi connectivity index (χ4v) is 5.50. The van der Waals surface area contributed by atoms with E-state index in [1.54, 1.807) is 18.2 Å². The summed E-state index contributed by atoms with van der Waals surface area (Å²) >= 11 is 3.55. The van der Waals surface area contributed by atoms with Crippen LogP contribution in [0.25, 0.3) is 0 Å². The minimum absolute atomic E-state index is 0.0404. The summed E-state index contributed by atoms with van der Waals surface area (Å²) < 4.78 is 30.6. The van der Waals surface area contributed by atoms with Crippen molar-refractivity contribution in [2.75, 3.05) is 13.1 Å². The van der Waals surface area contributed by atoms with Crippen LogP contribution in [0.4, 0.5) is 8.78 Å². The van der Waals surface area contributed by atoms with Gasteiger partial charge in [0.1, 0.15) is 11.5 Å². The first-order chi connectivity index (χ1) is 16.2. The first-order valence-corrected chi connectivity index (χ1v) is 11.9. The van der Waals surface area contributed by atoms with Crippen LogP contribution in [-0.4, -0.2) is 23.7 Å². The Balaban J connectivity index is 1.66. The molecule has 3 aromatic rings. The molecule has 0 aliphatic carbocycles. The first kappa shape index (κ1) is 24.1. The van der Waals surface area contributed by atoms with Gasteiger partial charge in [-0.2, -0.15) is 10.5 Å². The molecule has 2 atom stereocenters. The molecule has 1 saturated heterocycles. The fraction of sp³-hybridized carbons (Fsp3) is 0.286. The van der Waals surface area contributed by atoms with Crippen molar-refractivity contribution in [1.29, 1.82) is 10.5 Å². The molecule has 3 aromatic carbocycles. The van der Waals surface area contributed by atoms with Crippen molar-refractivity contribution < 1.29 is 8.78 Å². The standard InChI is InChI=1S/C28H24BrF2N3/c1-28(2,31)26(22-10-19(15-33)11-25(30)13-22)23-16-34(17-23)27(21-4-3-5-24(29)12-21)20-8-6-18(14-32)7-9-20/h3-13,23,26-27H,16-17H2,1-2H3/t26-,27+/m1/s1. The van der Waals surface area contributed by atoms with E-state index >= 15 is 4.39 Å². The molecule has 6 heteroatoms. The Morgan fingerprint density at radius 2 is 1.59 bits per heavy atom. The van der Waals surface area contributed by atoms with E-state index in [4.69, 9.17) is 0 Å². The van der Waals surface area contributed by atoms with Crippen LogP contribution in [0.2, 0.25) is 0 Å². The van der Waals surface area contributed by atoms with Crippen LogP contribution in [0.5, 0.6) is 0 Å². The molecule has 34 heavy (non-hydrogen) atoms. The van der Waals surface area contributed by atoms with E-state index in [0.29, 0.717) is 24.2 Å². The maximum atomic E-state index is 15.4. The molecule has 172 valence electrons. The first-order valence-electron chi connectivity index (χ1n) is 11.1. The Labute approximate surface area is 207 Å². The lowest BCUT2D eigenvalue weighted by Gasteiger charge is -2.50. The summed E-state index contributed by atoms with van der Waals surface area (Å²) in [4.78, 5) is 2.27. The van der Waals surface area contributed by atoms with Gasteiger partial charge in [0.05, 0.1) is 29.3 Å². The quantitative estimate of drug-likeness (QED) is 0.356. The molecule has 1 aliphatic heterocycles. The predicted octanol–water partition coefficient (Wildman–Crippen LogP) is 6.88. The zero-order chi connectivity index (χ0) is 24.5. The Morgan fingerprint density at radius 1 is 0.912 bits per heavy atom. The fourth-order valence-electron chi connectivity index (χ4n) is 5.09. The van der Waals surface area contributed by atoms with Crippen LogP contribution in [-0.2, 0) is 0 Å². The maximum Gasteiger partial charge on any atom is 0.124 e. The monoisotopic (exact) mass is 519 g/mol. The molecule has 0 bridgehead atoms. The summed E-state index contributed by atoms with van der Waals surface area (Å²) in [6, 6.07) is 23.8. The van der Waals surface area contributed by atoms with E-state index in [9.17, 15) is 14.9 Å². The number of benzene rings is 3. The molecule has 0 aromatic heterocycles. The summed E-state index contributed by atoms with van der Waals surface area (Å²) in [5.74, 6) is -1.11. The van der Waals surface area contributed by atoms with Crippen molar-refractivity contribution in [2.45, 2.75) is 31.5 Å². The lowest BCUT2D eigenvalue weighted by molar-refractivity contribution is 0.00811. The summed E-state index contributed by atoms with van der Waals surface area (Å²) in [6.45, 7) is 4.27. The third kappa shape index (κ3) is 5.04. The lowest BCUT2D eigenvalue weighted by atomic mass is 9.72. The molecule has 0 N–H and O–H groups in total. The summed E-state index contributed by atoms with van der Waals surface area (Å²) in [5, 5.41) is 18.4. The summed E-state index contributed by atoms with van der Waals surface area (Å²) in [5.41, 5.74) is 1.86. The molecular weight excluding hydrogens is 496 g/mol. The van der Waals surface area contributed by atoms with Gasteiger partial charge in [0.2, 0.25) is 0 Å². The number of halogens is 3. The third-order valence-electron chi connectivity index (χ3n) is 6.44. The van der Waals surface area contributed by atoms with Crippen molar-refractivity contribution >= 4 is 15.9 Å². The van der Waals surface area contributed by atoms with Crippen LogP contribution in [0.1, 0.15) is 53.6 Å². The highest BCUT2D eigenvalue weighted by atomic mass is 79.9. The number of hydrogen-bond acceptors (Lipinski definition) is 3. The van der Waals surface area contributed by atoms with Gasteiger partial charge in [0, 0.05) is 23.5 Å². The van der Waals surface area contributed by atoms with E-state index in [1.165, 1.54) is 26.0 Å². The minimum atomic E-state index is -1.59. The number of nitrogens with zero attached hydrogens (tertiary/aromatic N) is 3. The van der Waals surface area contributed by atoms with Crippen molar-refractivity contribution in [1.82, 2.24) is 4.90 Å². The van der Waals surface area contributed by atoms with Crippen LogP contribution >= 0.6 is 15.9 Å². The topological polar surface area (TPSA) is 50.8 Å². The molecular formula is C28H24BrF2N3. The van der Waals surface area contributed by atoms with Gasteiger partial charge in [-0.3, -0.25) is 4.90 Å². The smallest absolute Gasteiger partial charge is 0.124 e. The summed E-state index contributed by atoms with van der Waals surface area (Å²) in [7, 11) is 0. The van der Waals surface area contributed by atoms with Crippen molar-refractivity contribution in [3.05, 3.63) is 105 Å². The van der Waals surface area contributed by atoms with Gasteiger partial charge >= 0.3 is 0 Å². The highest BCUT2D eigenvalue weighted by Gasteiger charge is 2.45. The van der Waals surface area contributed by atoms with E-state index < -0.39 is 17.4 Å². The van der Waals surface area contributed by atoms with Crippen LogP contribution in [0.3, 0.4) is 0 Å². The van der Waals surface area contributed by atoms with Gasteiger partial charge in [0.15, 0.2) is 0 Å². The minimum Gasteiger partial charge on any atom is -0.292 e. The highest BCUT2D eigenvalue weighted by molar-refractivity contribution is 9.10. The normalized spacial score (nSPS) is 16.2. The van der Waals surface area contributed by atoms with E-state index in [0.717, 1.165) is 15.6 Å². The molecule has 4 rings (SSSR count). The molecule has 0 radical (unpaired) electrons. The number of rotatable bonds is 6. The number of alkyl halides is 1. The largest absolute Gasteiger partial charge is 0.292 e. The van der Waals surface area contributed by atoms with Gasteiger partial charge < -0.3 is 0 Å². The Morgan fingerprint density at radius 3 is 2.18 bits per heavy atom. The average molecular weight is 520 g/mol. The van der Waals surface area contributed by atoms with Crippen LogP contribution in [0.15, 0.2) is 71.2 Å². The van der Waals surface area contributed by atoms with E-state index in [-0.39, 0.29) is 17.5 Å². The van der Waals surface area contributed by atoms with Gasteiger partial charge in [0.25, 0.3) is 0 Å². The van der Waals surface area contributed by atoms with Gasteiger partial charge in [-0.1, -0.05) is 40.2 Å².